The van der Waals surface area contributed by atoms with Crippen LogP contribution < -0.4 is 5.32 Å². The van der Waals surface area contributed by atoms with Gasteiger partial charge in [-0.15, -0.1) is 16.4 Å². The molecule has 7 heteroatoms. The third kappa shape index (κ3) is 2.50. The largest absolute Gasteiger partial charge is 0.348 e. The van der Waals surface area contributed by atoms with Crippen LogP contribution in [0.4, 0.5) is 5.95 Å². The van der Waals surface area contributed by atoms with Crippen molar-refractivity contribution in [1.82, 2.24) is 14.6 Å². The fourth-order valence-electron chi connectivity index (χ4n) is 1.55. The highest BCUT2D eigenvalue weighted by Gasteiger charge is 2.04. The van der Waals surface area contributed by atoms with E-state index in [1.165, 1.54) is 4.88 Å². The van der Waals surface area contributed by atoms with Crippen LogP contribution in [0, 0.1) is 0 Å². The van der Waals surface area contributed by atoms with Crippen LogP contribution in [0.2, 0.25) is 5.02 Å². The van der Waals surface area contributed by atoms with Crippen LogP contribution in [-0.4, -0.2) is 14.6 Å². The number of anilines is 1. The molecule has 0 aliphatic rings. The fourth-order valence-corrected chi connectivity index (χ4v) is 3.12. The van der Waals surface area contributed by atoms with Crippen LogP contribution in [-0.2, 0) is 6.54 Å². The van der Waals surface area contributed by atoms with E-state index in [9.17, 15) is 0 Å². The van der Waals surface area contributed by atoms with E-state index in [2.05, 4.69) is 37.4 Å². The zero-order valence-corrected chi connectivity index (χ0v) is 12.3. The molecule has 0 amide bonds. The molecule has 0 unspecified atom stereocenters. The van der Waals surface area contributed by atoms with Gasteiger partial charge in [0.2, 0.25) is 5.95 Å². The highest BCUT2D eigenvalue weighted by Crippen LogP contribution is 2.22. The van der Waals surface area contributed by atoms with Crippen molar-refractivity contribution < 1.29 is 0 Å². The Hall–Kier alpha value is -1.11. The van der Waals surface area contributed by atoms with E-state index in [0.717, 1.165) is 9.43 Å². The minimum Gasteiger partial charge on any atom is -0.348 e. The molecule has 0 aliphatic carbocycles. The van der Waals surface area contributed by atoms with Gasteiger partial charge in [0.15, 0.2) is 5.65 Å². The lowest BCUT2D eigenvalue weighted by Crippen LogP contribution is -1.99. The van der Waals surface area contributed by atoms with Gasteiger partial charge in [-0.2, -0.15) is 4.98 Å². The van der Waals surface area contributed by atoms with Gasteiger partial charge in [-0.1, -0.05) is 11.6 Å². The lowest BCUT2D eigenvalue weighted by atomic mass is 10.5. The summed E-state index contributed by atoms with van der Waals surface area (Å²) < 4.78 is 2.78. The maximum absolute atomic E-state index is 5.89. The van der Waals surface area contributed by atoms with Gasteiger partial charge in [0, 0.05) is 11.1 Å². The summed E-state index contributed by atoms with van der Waals surface area (Å²) >= 11 is 11.0. The summed E-state index contributed by atoms with van der Waals surface area (Å²) in [6.07, 6.45) is 1.73. The van der Waals surface area contributed by atoms with Gasteiger partial charge in [-0.3, -0.25) is 0 Å². The molecule has 0 saturated heterocycles. The Morgan fingerprint density at radius 3 is 3.00 bits per heavy atom. The summed E-state index contributed by atoms with van der Waals surface area (Å²) in [4.78, 5) is 5.57. The number of hydrogen-bond donors (Lipinski definition) is 1. The summed E-state index contributed by atoms with van der Waals surface area (Å²) in [5.74, 6) is 0.599. The number of halogens is 2. The molecule has 4 nitrogen and oxygen atoms in total. The normalized spacial score (nSPS) is 11.0. The second-order valence-corrected chi connectivity index (χ2v) is 6.63. The molecule has 3 aromatic rings. The molecule has 0 fully saturated rings. The first-order chi connectivity index (χ1) is 8.70. The Labute approximate surface area is 121 Å². The number of pyridine rings is 1. The van der Waals surface area contributed by atoms with Crippen LogP contribution in [0.25, 0.3) is 5.65 Å². The molecule has 1 N–H and O–H groups in total. The van der Waals surface area contributed by atoms with Crippen LogP contribution in [0.15, 0.2) is 34.2 Å². The average Bonchev–Trinajstić information content (AvgIpc) is 2.92. The predicted octanol–water partition coefficient (Wildman–Crippen LogP) is 3.82. The second kappa shape index (κ2) is 4.87. The molecular weight excluding hydrogens is 336 g/mol. The third-order valence-corrected chi connectivity index (χ3v) is 4.19. The standard InChI is InChI=1S/C11H8BrClN4S/c12-9-3-2-8(18-9)5-14-11-15-10-4-1-7(13)6-17(10)16-11/h1-4,6H,5H2,(H,14,16). The molecule has 18 heavy (non-hydrogen) atoms. The maximum Gasteiger partial charge on any atom is 0.243 e. The fraction of sp³-hybridized carbons (Fsp3) is 0.0909. The smallest absolute Gasteiger partial charge is 0.243 e. The highest BCUT2D eigenvalue weighted by atomic mass is 79.9. The van der Waals surface area contributed by atoms with Gasteiger partial charge >= 0.3 is 0 Å². The van der Waals surface area contributed by atoms with Crippen molar-refractivity contribution in [3.05, 3.63) is 44.1 Å². The molecule has 0 atom stereocenters. The Kier molecular flexibility index (Phi) is 3.23. The number of aromatic nitrogens is 3. The molecule has 0 aliphatic heterocycles. The third-order valence-electron chi connectivity index (χ3n) is 2.34. The zero-order chi connectivity index (χ0) is 12.5. The number of hydrogen-bond acceptors (Lipinski definition) is 4. The number of nitrogens with zero attached hydrogens (tertiary/aromatic N) is 3. The first-order valence-corrected chi connectivity index (χ1v) is 7.19. The molecule has 0 radical (unpaired) electrons. The van der Waals surface area contributed by atoms with E-state index >= 15 is 0 Å². The van der Waals surface area contributed by atoms with E-state index in [-0.39, 0.29) is 0 Å². The first-order valence-electron chi connectivity index (χ1n) is 5.21. The van der Waals surface area contributed by atoms with Gasteiger partial charge < -0.3 is 5.32 Å². The van der Waals surface area contributed by atoms with Crippen molar-refractivity contribution in [2.24, 2.45) is 0 Å². The number of thiophene rings is 1. The highest BCUT2D eigenvalue weighted by molar-refractivity contribution is 9.11. The quantitative estimate of drug-likeness (QED) is 0.786. The predicted molar refractivity (Wildman–Crippen MR) is 77.3 cm³/mol. The summed E-state index contributed by atoms with van der Waals surface area (Å²) in [6.45, 7) is 0.709. The summed E-state index contributed by atoms with van der Waals surface area (Å²) in [7, 11) is 0. The van der Waals surface area contributed by atoms with Crippen LogP contribution in [0.3, 0.4) is 0 Å². The SMILES string of the molecule is Clc1ccc2nc(NCc3ccc(Br)s3)nn2c1. The first kappa shape index (κ1) is 12.0. The lowest BCUT2D eigenvalue weighted by Gasteiger charge is -1.97. The van der Waals surface area contributed by atoms with Crippen LogP contribution >= 0.6 is 38.9 Å². The van der Waals surface area contributed by atoms with Crippen LogP contribution in [0.5, 0.6) is 0 Å². The molecule has 3 rings (SSSR count). The Morgan fingerprint density at radius 1 is 1.33 bits per heavy atom. The van der Waals surface area contributed by atoms with Gasteiger partial charge in [-0.05, 0) is 40.2 Å². The second-order valence-electron chi connectivity index (χ2n) is 3.64. The summed E-state index contributed by atoms with van der Waals surface area (Å²) in [6, 6.07) is 7.72. The molecule has 0 bridgehead atoms. The van der Waals surface area contributed by atoms with Crippen LogP contribution in [0.1, 0.15) is 4.88 Å². The van der Waals surface area contributed by atoms with Gasteiger partial charge in [-0.25, -0.2) is 4.52 Å². The van der Waals surface area contributed by atoms with Gasteiger partial charge in [0.05, 0.1) is 15.4 Å². The Balaban J connectivity index is 1.78. The Bertz CT molecular complexity index is 693. The van der Waals surface area contributed by atoms with Crippen molar-refractivity contribution in [2.75, 3.05) is 5.32 Å². The molecule has 3 heterocycles. The van der Waals surface area contributed by atoms with Crippen molar-refractivity contribution >= 4 is 50.5 Å². The molecule has 92 valence electrons. The maximum atomic E-state index is 5.89. The molecule has 3 aromatic heterocycles. The minimum atomic E-state index is 0.599. The van der Waals surface area contributed by atoms with Gasteiger partial charge in [0.25, 0.3) is 0 Å². The summed E-state index contributed by atoms with van der Waals surface area (Å²) in [5.41, 5.74) is 0.772. The van der Waals surface area contributed by atoms with Crippen molar-refractivity contribution in [2.45, 2.75) is 6.54 Å². The lowest BCUT2D eigenvalue weighted by molar-refractivity contribution is 0.952. The van der Waals surface area contributed by atoms with E-state index in [4.69, 9.17) is 11.6 Å². The van der Waals surface area contributed by atoms with Gasteiger partial charge in [0.1, 0.15) is 0 Å². The van der Waals surface area contributed by atoms with Crippen molar-refractivity contribution in [3.63, 3.8) is 0 Å². The average molecular weight is 344 g/mol. The molecule has 0 spiro atoms. The van der Waals surface area contributed by atoms with E-state index in [1.54, 1.807) is 28.1 Å². The Morgan fingerprint density at radius 2 is 2.22 bits per heavy atom. The minimum absolute atomic E-state index is 0.599. The number of rotatable bonds is 3. The van der Waals surface area contributed by atoms with E-state index in [1.807, 2.05) is 12.1 Å². The summed E-state index contributed by atoms with van der Waals surface area (Å²) in [5, 5.41) is 8.12. The topological polar surface area (TPSA) is 42.2 Å². The van der Waals surface area contributed by atoms with Crippen molar-refractivity contribution in [3.8, 4) is 0 Å². The molecular formula is C11H8BrClN4S. The number of fused-ring (bicyclic) bond motifs is 1. The van der Waals surface area contributed by atoms with E-state index < -0.39 is 0 Å². The molecule has 0 saturated carbocycles. The van der Waals surface area contributed by atoms with E-state index in [0.29, 0.717) is 17.5 Å². The monoisotopic (exact) mass is 342 g/mol. The zero-order valence-electron chi connectivity index (χ0n) is 9.10. The molecule has 0 aromatic carbocycles. The number of nitrogens with one attached hydrogen (secondary N) is 1. The van der Waals surface area contributed by atoms with Crippen molar-refractivity contribution in [1.29, 1.82) is 0 Å².